The van der Waals surface area contributed by atoms with Crippen molar-refractivity contribution in [2.24, 2.45) is 0 Å². The van der Waals surface area contributed by atoms with E-state index in [-0.39, 0.29) is 17.4 Å². The van der Waals surface area contributed by atoms with Gasteiger partial charge in [-0.05, 0) is 47.0 Å². The number of oxazole rings is 1. The van der Waals surface area contributed by atoms with Gasteiger partial charge in [-0.2, -0.15) is 0 Å². The van der Waals surface area contributed by atoms with Crippen molar-refractivity contribution in [2.45, 2.75) is 26.2 Å². The number of nitrogens with zero attached hydrogens (tertiary/aromatic N) is 3. The van der Waals surface area contributed by atoms with Crippen molar-refractivity contribution in [3.8, 4) is 5.75 Å². The number of hydrogen-bond donors (Lipinski definition) is 1. The molecule has 0 aliphatic heterocycles. The van der Waals surface area contributed by atoms with Gasteiger partial charge in [0, 0.05) is 32.0 Å². The van der Waals surface area contributed by atoms with E-state index < -0.39 is 0 Å². The smallest absolute Gasteiger partial charge is 0.273 e. The first-order valence-electron chi connectivity index (χ1n) is 10.8. The minimum Gasteiger partial charge on any atom is -0.497 e. The van der Waals surface area contributed by atoms with Gasteiger partial charge in [0.05, 0.1) is 13.7 Å². The highest BCUT2D eigenvalue weighted by atomic mass is 19.1. The number of benzene rings is 2. The van der Waals surface area contributed by atoms with E-state index in [0.29, 0.717) is 32.1 Å². The number of halogens is 1. The average molecular weight is 461 g/mol. The van der Waals surface area contributed by atoms with Gasteiger partial charge < -0.3 is 14.5 Å². The van der Waals surface area contributed by atoms with E-state index in [9.17, 15) is 9.18 Å². The van der Waals surface area contributed by atoms with Gasteiger partial charge in [0.1, 0.15) is 17.8 Å². The molecule has 0 saturated heterocycles. The van der Waals surface area contributed by atoms with Crippen LogP contribution in [0.3, 0.4) is 0 Å². The van der Waals surface area contributed by atoms with E-state index in [2.05, 4.69) is 20.2 Å². The van der Waals surface area contributed by atoms with Crippen molar-refractivity contribution in [1.82, 2.24) is 20.2 Å². The lowest BCUT2D eigenvalue weighted by molar-refractivity contribution is 0.0945. The monoisotopic (exact) mass is 460 g/mol. The van der Waals surface area contributed by atoms with E-state index in [4.69, 9.17) is 9.15 Å². The maximum Gasteiger partial charge on any atom is 0.273 e. The molecule has 34 heavy (non-hydrogen) atoms. The second-order valence-electron chi connectivity index (χ2n) is 7.79. The highest BCUT2D eigenvalue weighted by molar-refractivity contribution is 5.91. The van der Waals surface area contributed by atoms with Gasteiger partial charge in [-0.3, -0.25) is 14.7 Å². The summed E-state index contributed by atoms with van der Waals surface area (Å²) in [6.07, 6.45) is 4.73. The summed E-state index contributed by atoms with van der Waals surface area (Å²) in [5.41, 5.74) is 3.13. The number of ether oxygens (including phenoxy) is 1. The molecule has 4 rings (SSSR count). The van der Waals surface area contributed by atoms with Crippen molar-refractivity contribution in [3.63, 3.8) is 0 Å². The van der Waals surface area contributed by atoms with Crippen LogP contribution in [-0.4, -0.2) is 27.9 Å². The van der Waals surface area contributed by atoms with E-state index in [1.54, 1.807) is 31.6 Å². The summed E-state index contributed by atoms with van der Waals surface area (Å²) in [6, 6.07) is 17.9. The summed E-state index contributed by atoms with van der Waals surface area (Å²) in [6.45, 7) is 1.88. The Morgan fingerprint density at radius 1 is 1.00 bits per heavy atom. The van der Waals surface area contributed by atoms with E-state index >= 15 is 0 Å². The zero-order chi connectivity index (χ0) is 23.8. The molecule has 0 aliphatic carbocycles. The van der Waals surface area contributed by atoms with Crippen molar-refractivity contribution >= 4 is 5.91 Å². The highest BCUT2D eigenvalue weighted by Gasteiger charge is 2.16. The molecule has 0 radical (unpaired) electrons. The fourth-order valence-corrected chi connectivity index (χ4v) is 3.46. The van der Waals surface area contributed by atoms with Crippen LogP contribution in [0.5, 0.6) is 5.75 Å². The number of methoxy groups -OCH3 is 1. The Labute approximate surface area is 197 Å². The molecule has 4 aromatic rings. The molecule has 2 aromatic carbocycles. The quantitative estimate of drug-likeness (QED) is 0.379. The topological polar surface area (TPSA) is 80.5 Å². The normalized spacial score (nSPS) is 10.9. The molecule has 0 fully saturated rings. The van der Waals surface area contributed by atoms with Crippen LogP contribution >= 0.6 is 0 Å². The lowest BCUT2D eigenvalue weighted by Crippen LogP contribution is -2.24. The van der Waals surface area contributed by atoms with Gasteiger partial charge in [-0.1, -0.05) is 30.3 Å². The summed E-state index contributed by atoms with van der Waals surface area (Å²) in [4.78, 5) is 23.0. The largest absolute Gasteiger partial charge is 0.497 e. The molecule has 174 valence electrons. The predicted octanol–water partition coefficient (Wildman–Crippen LogP) is 4.35. The summed E-state index contributed by atoms with van der Waals surface area (Å²) in [5.74, 6) is 0.602. The molecular formula is C26H25FN4O3. The number of nitrogens with one attached hydrogen (secondary N) is 1. The summed E-state index contributed by atoms with van der Waals surface area (Å²) in [7, 11) is 1.63. The van der Waals surface area contributed by atoms with Gasteiger partial charge in [-0.25, -0.2) is 9.37 Å². The predicted molar refractivity (Wildman–Crippen MR) is 124 cm³/mol. The lowest BCUT2D eigenvalue weighted by Gasteiger charge is -2.21. The highest BCUT2D eigenvalue weighted by Crippen LogP contribution is 2.17. The minimum atomic E-state index is -0.320. The third-order valence-electron chi connectivity index (χ3n) is 5.20. The van der Waals surface area contributed by atoms with Crippen LogP contribution in [0.4, 0.5) is 4.39 Å². The van der Waals surface area contributed by atoms with E-state index in [0.717, 1.165) is 22.4 Å². The van der Waals surface area contributed by atoms with Crippen molar-refractivity contribution in [2.75, 3.05) is 7.11 Å². The maximum atomic E-state index is 13.3. The molecule has 0 atom stereocenters. The van der Waals surface area contributed by atoms with Gasteiger partial charge in [-0.15, -0.1) is 0 Å². The number of carbonyl (C=O) groups excluding carboxylic acids is 1. The molecule has 1 amide bonds. The fraction of sp³-hybridized carbons (Fsp3) is 0.192. The molecule has 0 aliphatic rings. The molecule has 0 saturated carbocycles. The Bertz CT molecular complexity index is 1190. The SMILES string of the molecule is COc1ccc(CN(Cc2ccc(F)cc2)Cc2nc(C(=O)NCc3cccnc3)co2)cc1. The molecule has 0 spiro atoms. The maximum absolute atomic E-state index is 13.3. The van der Waals surface area contributed by atoms with Crippen molar-refractivity contribution in [3.05, 3.63) is 113 Å². The minimum absolute atomic E-state index is 0.213. The number of carbonyl (C=O) groups is 1. The Kier molecular flexibility index (Phi) is 7.62. The van der Waals surface area contributed by atoms with Gasteiger partial charge >= 0.3 is 0 Å². The van der Waals surface area contributed by atoms with Crippen LogP contribution in [0.1, 0.15) is 33.1 Å². The standard InChI is InChI=1S/C26H25FN4O3/c1-33-23-10-6-20(7-11-23)16-31(15-19-4-8-22(27)9-5-19)17-25-30-24(18-34-25)26(32)29-14-21-3-2-12-28-13-21/h2-13,18H,14-17H2,1H3,(H,29,32). The Balaban J connectivity index is 1.43. The van der Waals surface area contributed by atoms with E-state index in [1.165, 1.54) is 18.4 Å². The lowest BCUT2D eigenvalue weighted by atomic mass is 10.1. The zero-order valence-corrected chi connectivity index (χ0v) is 18.8. The van der Waals surface area contributed by atoms with Crippen LogP contribution in [0.15, 0.2) is 83.7 Å². The van der Waals surface area contributed by atoms with Gasteiger partial charge in [0.25, 0.3) is 5.91 Å². The third kappa shape index (κ3) is 6.49. The van der Waals surface area contributed by atoms with E-state index in [1.807, 2.05) is 36.4 Å². The van der Waals surface area contributed by atoms with Crippen LogP contribution in [0, 0.1) is 5.82 Å². The van der Waals surface area contributed by atoms with Crippen molar-refractivity contribution in [1.29, 1.82) is 0 Å². The Morgan fingerprint density at radius 3 is 2.35 bits per heavy atom. The molecule has 8 heteroatoms. The molecule has 2 heterocycles. The number of pyridine rings is 1. The third-order valence-corrected chi connectivity index (χ3v) is 5.20. The van der Waals surface area contributed by atoms with Crippen LogP contribution in [0.2, 0.25) is 0 Å². The second-order valence-corrected chi connectivity index (χ2v) is 7.79. The summed E-state index contributed by atoms with van der Waals surface area (Å²) < 4.78 is 24.2. The number of hydrogen-bond acceptors (Lipinski definition) is 6. The first-order valence-corrected chi connectivity index (χ1v) is 10.8. The molecule has 0 unspecified atom stereocenters. The summed E-state index contributed by atoms with van der Waals surface area (Å²) >= 11 is 0. The Morgan fingerprint density at radius 2 is 1.71 bits per heavy atom. The molecular weight excluding hydrogens is 435 g/mol. The molecule has 7 nitrogen and oxygen atoms in total. The first-order chi connectivity index (χ1) is 16.6. The number of rotatable bonds is 10. The van der Waals surface area contributed by atoms with Gasteiger partial charge in [0.15, 0.2) is 5.69 Å². The Hall–Kier alpha value is -4.04. The van der Waals surface area contributed by atoms with Crippen LogP contribution in [0.25, 0.3) is 0 Å². The molecule has 1 N–H and O–H groups in total. The number of aromatic nitrogens is 2. The van der Waals surface area contributed by atoms with Gasteiger partial charge in [0.2, 0.25) is 5.89 Å². The molecule has 2 aromatic heterocycles. The summed E-state index contributed by atoms with van der Waals surface area (Å²) in [5, 5.41) is 2.82. The fourth-order valence-electron chi connectivity index (χ4n) is 3.46. The second kappa shape index (κ2) is 11.2. The first kappa shape index (κ1) is 23.1. The number of amides is 1. The zero-order valence-electron chi connectivity index (χ0n) is 18.8. The van der Waals surface area contributed by atoms with Crippen molar-refractivity contribution < 1.29 is 18.3 Å². The van der Waals surface area contributed by atoms with Crippen LogP contribution in [-0.2, 0) is 26.2 Å². The average Bonchev–Trinajstić information content (AvgIpc) is 3.33. The molecule has 0 bridgehead atoms. The van der Waals surface area contributed by atoms with Crippen LogP contribution < -0.4 is 10.1 Å².